The van der Waals surface area contributed by atoms with E-state index in [1.165, 1.54) is 23.5 Å². The maximum atomic E-state index is 13.1. The van der Waals surface area contributed by atoms with E-state index in [0.717, 1.165) is 9.88 Å². The topological polar surface area (TPSA) is 86.1 Å². The third kappa shape index (κ3) is 2.63. The zero-order valence-corrected chi connectivity index (χ0v) is 15.4. The van der Waals surface area contributed by atoms with Crippen LogP contribution in [0.2, 0.25) is 0 Å². The van der Waals surface area contributed by atoms with Gasteiger partial charge in [0.15, 0.2) is 11.1 Å². The normalized spacial score (nSPS) is 19.7. The van der Waals surface area contributed by atoms with Crippen molar-refractivity contribution in [2.24, 2.45) is 4.99 Å². The molecular weight excluding hydrogens is 372 g/mol. The molecular formula is C17H14N4O3S2. The van der Waals surface area contributed by atoms with E-state index in [1.54, 1.807) is 17.2 Å². The molecule has 7 nitrogen and oxygen atoms in total. The van der Waals surface area contributed by atoms with E-state index in [9.17, 15) is 13.6 Å². The summed E-state index contributed by atoms with van der Waals surface area (Å²) in [7, 11) is 0. The number of terminal acetylenes is 1. The number of anilines is 1. The minimum Gasteiger partial charge on any atom is -0.302 e. The number of nitrogens with zero attached hydrogens (tertiary/aromatic N) is 4. The van der Waals surface area contributed by atoms with E-state index < -0.39 is 11.1 Å². The molecule has 1 aromatic carbocycles. The number of fused-ring (bicyclic) bond motifs is 3. The van der Waals surface area contributed by atoms with E-state index in [2.05, 4.69) is 15.9 Å². The fourth-order valence-corrected chi connectivity index (χ4v) is 4.29. The van der Waals surface area contributed by atoms with Gasteiger partial charge in [-0.1, -0.05) is 5.92 Å². The van der Waals surface area contributed by atoms with Crippen LogP contribution in [0.4, 0.5) is 5.69 Å². The second kappa shape index (κ2) is 6.32. The number of hydrogen-bond acceptors (Lipinski definition) is 6. The van der Waals surface area contributed by atoms with E-state index in [-0.39, 0.29) is 16.8 Å². The summed E-state index contributed by atoms with van der Waals surface area (Å²) >= 11 is -0.666. The third-order valence-electron chi connectivity index (χ3n) is 4.25. The van der Waals surface area contributed by atoms with Crippen molar-refractivity contribution < 1.29 is 13.6 Å². The summed E-state index contributed by atoms with van der Waals surface area (Å²) in [5.41, 5.74) is 0.951. The number of thiazole rings is 1. The second-order valence-electron chi connectivity index (χ2n) is 5.86. The van der Waals surface area contributed by atoms with Gasteiger partial charge in [-0.05, 0) is 25.1 Å². The molecule has 0 fully saturated rings. The summed E-state index contributed by atoms with van der Waals surface area (Å²) in [5.74, 6) is 2.94. The van der Waals surface area contributed by atoms with Crippen LogP contribution in [0.25, 0.3) is 0 Å². The average Bonchev–Trinajstić information content (AvgIpc) is 3.23. The van der Waals surface area contributed by atoms with Gasteiger partial charge in [-0.3, -0.25) is 14.6 Å². The summed E-state index contributed by atoms with van der Waals surface area (Å²) in [5, 5.41) is 0.912. The molecule has 0 saturated carbocycles. The van der Waals surface area contributed by atoms with Gasteiger partial charge in [-0.2, -0.15) is 0 Å². The highest BCUT2D eigenvalue weighted by Gasteiger charge is 2.41. The number of aliphatic imine (C=N–C) groups is 1. The highest BCUT2D eigenvalue weighted by atomic mass is 32.2. The average molecular weight is 386 g/mol. The van der Waals surface area contributed by atoms with E-state index in [4.69, 9.17) is 6.42 Å². The summed E-state index contributed by atoms with van der Waals surface area (Å²) in [6.45, 7) is 2.62. The van der Waals surface area contributed by atoms with E-state index in [1.807, 2.05) is 11.8 Å². The zero-order chi connectivity index (χ0) is 18.4. The highest BCUT2D eigenvalue weighted by molar-refractivity contribution is 7.79. The maximum Gasteiger partial charge on any atom is 0.263 e. The van der Waals surface area contributed by atoms with Gasteiger partial charge in [0.2, 0.25) is 5.96 Å². The molecule has 2 aliphatic rings. The van der Waals surface area contributed by atoms with Crippen molar-refractivity contribution >= 4 is 40.0 Å². The molecule has 1 unspecified atom stereocenters. The minimum absolute atomic E-state index is 0.169. The molecule has 1 N–H and O–H groups in total. The van der Waals surface area contributed by atoms with E-state index >= 15 is 0 Å². The number of carbonyl (C=O) groups is 1. The lowest BCUT2D eigenvalue weighted by Gasteiger charge is -2.37. The summed E-state index contributed by atoms with van der Waals surface area (Å²) < 4.78 is 20.8. The first-order chi connectivity index (χ1) is 12.5. The monoisotopic (exact) mass is 386 g/mol. The molecule has 132 valence electrons. The number of carbonyl (C=O) groups excluding carboxylic acids is 1. The predicted octanol–water partition coefficient (Wildman–Crippen LogP) is 1.87. The van der Waals surface area contributed by atoms with Gasteiger partial charge < -0.3 is 4.55 Å². The Labute approximate surface area is 156 Å². The Morgan fingerprint density at radius 1 is 1.50 bits per heavy atom. The van der Waals surface area contributed by atoms with Crippen LogP contribution in [0.3, 0.4) is 0 Å². The Bertz CT molecular complexity index is 1010. The molecule has 0 spiro atoms. The smallest absolute Gasteiger partial charge is 0.263 e. The summed E-state index contributed by atoms with van der Waals surface area (Å²) in [6, 6.07) is 4.32. The number of rotatable bonds is 3. The molecule has 0 bridgehead atoms. The van der Waals surface area contributed by atoms with Gasteiger partial charge >= 0.3 is 0 Å². The molecule has 3 heterocycles. The lowest BCUT2D eigenvalue weighted by atomic mass is 10.1. The van der Waals surface area contributed by atoms with Crippen LogP contribution in [0, 0.1) is 19.3 Å². The van der Waals surface area contributed by atoms with Gasteiger partial charge in [0.25, 0.3) is 5.91 Å². The number of benzene rings is 1. The standard InChI is InChI=1S/C17H14N4O3S2/c1-3-11-7-19-17-20(9-12-8-18-10(2)25-12)16(22)14-6-13(26(23)24)4-5-15(14)21(11)17/h1,4-6,8,11H,7,9H2,2H3,(H,23,24)/t11-/m1/s1. The largest absolute Gasteiger partial charge is 0.302 e. The van der Waals surface area contributed by atoms with Crippen molar-refractivity contribution in [3.8, 4) is 12.3 Å². The van der Waals surface area contributed by atoms with Crippen molar-refractivity contribution in [1.29, 1.82) is 0 Å². The first kappa shape index (κ1) is 16.9. The summed E-state index contributed by atoms with van der Waals surface area (Å²) in [6.07, 6.45) is 7.38. The summed E-state index contributed by atoms with van der Waals surface area (Å²) in [4.78, 5) is 26.3. The van der Waals surface area contributed by atoms with Crippen LogP contribution >= 0.6 is 11.3 Å². The van der Waals surface area contributed by atoms with Gasteiger partial charge in [0.05, 0.1) is 34.2 Å². The molecule has 2 aromatic rings. The van der Waals surface area contributed by atoms with Crippen LogP contribution in [-0.4, -0.2) is 43.1 Å². The Morgan fingerprint density at radius 3 is 2.96 bits per heavy atom. The Kier molecular flexibility index (Phi) is 4.11. The van der Waals surface area contributed by atoms with Crippen LogP contribution in [0.15, 0.2) is 34.3 Å². The molecule has 2 aliphatic heterocycles. The van der Waals surface area contributed by atoms with Gasteiger partial charge in [-0.25, -0.2) is 14.2 Å². The highest BCUT2D eigenvalue weighted by Crippen LogP contribution is 2.35. The lowest BCUT2D eigenvalue weighted by molar-refractivity contribution is 0.0834. The molecule has 1 amide bonds. The van der Waals surface area contributed by atoms with Gasteiger partial charge in [0.1, 0.15) is 6.04 Å². The van der Waals surface area contributed by atoms with Crippen molar-refractivity contribution in [3.63, 3.8) is 0 Å². The zero-order valence-electron chi connectivity index (χ0n) is 13.7. The second-order valence-corrected chi connectivity index (χ2v) is 8.15. The van der Waals surface area contributed by atoms with Crippen LogP contribution in [-0.2, 0) is 17.6 Å². The number of hydrogen-bond donors (Lipinski definition) is 1. The lowest BCUT2D eigenvalue weighted by Crippen LogP contribution is -2.52. The Balaban J connectivity index is 1.82. The quantitative estimate of drug-likeness (QED) is 0.643. The van der Waals surface area contributed by atoms with Crippen molar-refractivity contribution in [3.05, 3.63) is 39.8 Å². The fraction of sp³-hybridized carbons (Fsp3) is 0.235. The Hall–Kier alpha value is -2.54. The van der Waals surface area contributed by atoms with Crippen molar-refractivity contribution in [2.45, 2.75) is 24.4 Å². The first-order valence-corrected chi connectivity index (χ1v) is 9.70. The molecule has 0 saturated heterocycles. The molecule has 26 heavy (non-hydrogen) atoms. The SMILES string of the molecule is C#C[C@@H]1CN=C2N(Cc3cnc(C)s3)C(=O)c3cc(S(=O)O)ccc3N21. The molecule has 1 aromatic heterocycles. The van der Waals surface area contributed by atoms with Crippen LogP contribution in [0.1, 0.15) is 20.2 Å². The molecule has 4 rings (SSSR count). The third-order valence-corrected chi connectivity index (χ3v) is 5.81. The molecule has 0 aliphatic carbocycles. The number of guanidine groups is 1. The predicted molar refractivity (Wildman–Crippen MR) is 99.6 cm³/mol. The van der Waals surface area contributed by atoms with Crippen LogP contribution < -0.4 is 4.90 Å². The molecule has 9 heteroatoms. The van der Waals surface area contributed by atoms with Gasteiger partial charge in [-0.15, -0.1) is 17.8 Å². The number of aryl methyl sites for hydroxylation is 1. The van der Waals surface area contributed by atoms with E-state index in [0.29, 0.717) is 30.3 Å². The Morgan fingerprint density at radius 2 is 2.31 bits per heavy atom. The maximum absolute atomic E-state index is 13.1. The van der Waals surface area contributed by atoms with Gasteiger partial charge in [0, 0.05) is 11.1 Å². The van der Waals surface area contributed by atoms with Crippen LogP contribution in [0.5, 0.6) is 0 Å². The number of aromatic nitrogens is 1. The minimum atomic E-state index is -2.17. The van der Waals surface area contributed by atoms with Crippen molar-refractivity contribution in [2.75, 3.05) is 11.4 Å². The van der Waals surface area contributed by atoms with Crippen molar-refractivity contribution in [1.82, 2.24) is 9.88 Å². The first-order valence-electron chi connectivity index (χ1n) is 7.77. The fourth-order valence-electron chi connectivity index (χ4n) is 3.10. The molecule has 0 radical (unpaired) electrons. The number of amides is 1. The molecule has 2 atom stereocenters.